The van der Waals surface area contributed by atoms with Crippen LogP contribution < -0.4 is 0 Å². The van der Waals surface area contributed by atoms with Gasteiger partial charge in [-0.2, -0.15) is 11.8 Å². The third-order valence-electron chi connectivity index (χ3n) is 3.05. The summed E-state index contributed by atoms with van der Waals surface area (Å²) in [5.74, 6) is -0.347. The van der Waals surface area contributed by atoms with E-state index in [1.807, 2.05) is 18.7 Å². The maximum atomic E-state index is 12.3. The maximum Gasteiger partial charge on any atom is 0.365 e. The average molecular weight is 286 g/mol. The van der Waals surface area contributed by atoms with Crippen molar-refractivity contribution in [3.8, 4) is 0 Å². The Morgan fingerprint density at radius 3 is 2.83 bits per heavy atom. The van der Waals surface area contributed by atoms with Gasteiger partial charge in [0.25, 0.3) is 5.91 Å². The van der Waals surface area contributed by atoms with Crippen LogP contribution in [0.4, 0.5) is 0 Å². The number of rotatable bonds is 2. The van der Waals surface area contributed by atoms with Crippen molar-refractivity contribution in [2.75, 3.05) is 12.3 Å². The minimum atomic E-state index is -1.09. The van der Waals surface area contributed by atoms with Gasteiger partial charge in [0.2, 0.25) is 5.01 Å². The lowest BCUT2D eigenvalue weighted by molar-refractivity contribution is 0.0690. The first-order valence-corrected chi connectivity index (χ1v) is 7.55. The summed E-state index contributed by atoms with van der Waals surface area (Å²) < 4.78 is 0. The highest BCUT2D eigenvalue weighted by molar-refractivity contribution is 8.00. The molecule has 1 fully saturated rings. The van der Waals surface area contributed by atoms with Gasteiger partial charge in [0.05, 0.1) is 0 Å². The van der Waals surface area contributed by atoms with Crippen LogP contribution in [0.15, 0.2) is 5.38 Å². The standard InChI is InChI=1S/C11H14N2O3S2/c1-6-7(2)17-4-3-13(6)10(14)8-5-18-9(12-8)11(15)16/h5-7H,3-4H2,1-2H3,(H,15,16). The molecular formula is C11H14N2O3S2. The summed E-state index contributed by atoms with van der Waals surface area (Å²) in [5.41, 5.74) is 0.239. The topological polar surface area (TPSA) is 70.5 Å². The van der Waals surface area contributed by atoms with E-state index in [0.29, 0.717) is 11.8 Å². The minimum absolute atomic E-state index is 0.0366. The molecule has 0 aliphatic carbocycles. The summed E-state index contributed by atoms with van der Waals surface area (Å²) in [7, 11) is 0. The fourth-order valence-electron chi connectivity index (χ4n) is 1.84. The van der Waals surface area contributed by atoms with E-state index in [4.69, 9.17) is 5.11 Å². The summed E-state index contributed by atoms with van der Waals surface area (Å²) in [6.45, 7) is 4.80. The van der Waals surface area contributed by atoms with Crippen LogP contribution in [0.2, 0.25) is 0 Å². The van der Waals surface area contributed by atoms with E-state index < -0.39 is 5.97 Å². The van der Waals surface area contributed by atoms with Gasteiger partial charge in [0.1, 0.15) is 5.69 Å². The van der Waals surface area contributed by atoms with Gasteiger partial charge in [-0.15, -0.1) is 11.3 Å². The van der Waals surface area contributed by atoms with Gasteiger partial charge < -0.3 is 10.0 Å². The quantitative estimate of drug-likeness (QED) is 0.897. The molecule has 2 atom stereocenters. The summed E-state index contributed by atoms with van der Waals surface area (Å²) in [6, 6.07) is 0.145. The fraction of sp³-hybridized carbons (Fsp3) is 0.545. The van der Waals surface area contributed by atoms with E-state index in [-0.39, 0.29) is 22.7 Å². The molecule has 2 unspecified atom stereocenters. The molecular weight excluding hydrogens is 272 g/mol. The molecule has 2 rings (SSSR count). The van der Waals surface area contributed by atoms with Crippen molar-refractivity contribution in [1.82, 2.24) is 9.88 Å². The number of hydrogen-bond acceptors (Lipinski definition) is 5. The highest BCUT2D eigenvalue weighted by atomic mass is 32.2. The largest absolute Gasteiger partial charge is 0.476 e. The van der Waals surface area contributed by atoms with Crippen LogP contribution in [0.25, 0.3) is 0 Å². The zero-order chi connectivity index (χ0) is 13.3. The third kappa shape index (κ3) is 2.51. The lowest BCUT2D eigenvalue weighted by Crippen LogP contribution is -2.48. The molecule has 18 heavy (non-hydrogen) atoms. The predicted octanol–water partition coefficient (Wildman–Crippen LogP) is 1.81. The Hall–Kier alpha value is -1.08. The van der Waals surface area contributed by atoms with Gasteiger partial charge in [-0.25, -0.2) is 9.78 Å². The van der Waals surface area contributed by atoms with Crippen LogP contribution in [-0.4, -0.2) is 50.5 Å². The van der Waals surface area contributed by atoms with Gasteiger partial charge >= 0.3 is 5.97 Å². The normalized spacial score (nSPS) is 24.0. The SMILES string of the molecule is CC1SCCN(C(=O)c2csc(C(=O)O)n2)C1C. The van der Waals surface area contributed by atoms with Gasteiger partial charge in [-0.1, -0.05) is 6.92 Å². The van der Waals surface area contributed by atoms with Gasteiger partial charge in [0.15, 0.2) is 0 Å². The summed E-state index contributed by atoms with van der Waals surface area (Å²) in [4.78, 5) is 28.7. The number of carbonyl (C=O) groups excluding carboxylic acids is 1. The minimum Gasteiger partial charge on any atom is -0.476 e. The van der Waals surface area contributed by atoms with Crippen molar-refractivity contribution in [2.45, 2.75) is 25.1 Å². The van der Waals surface area contributed by atoms with Gasteiger partial charge in [0, 0.05) is 29.0 Å². The molecule has 98 valence electrons. The first kappa shape index (κ1) is 13.4. The Labute approximate surface area is 113 Å². The molecule has 0 radical (unpaired) electrons. The summed E-state index contributed by atoms with van der Waals surface area (Å²) in [5, 5.41) is 10.7. The number of carboxylic acids is 1. The molecule has 0 aromatic carbocycles. The Morgan fingerprint density at radius 1 is 1.50 bits per heavy atom. The molecule has 0 saturated carbocycles. The van der Waals surface area contributed by atoms with E-state index in [0.717, 1.165) is 17.1 Å². The van der Waals surface area contributed by atoms with Gasteiger partial charge in [-0.05, 0) is 6.92 Å². The molecule has 7 heteroatoms. The molecule has 2 heterocycles. The van der Waals surface area contributed by atoms with Crippen molar-refractivity contribution in [1.29, 1.82) is 0 Å². The van der Waals surface area contributed by atoms with Crippen LogP contribution in [0.5, 0.6) is 0 Å². The molecule has 1 aromatic rings. The van der Waals surface area contributed by atoms with Crippen molar-refractivity contribution >= 4 is 35.0 Å². The predicted molar refractivity (Wildman–Crippen MR) is 71.5 cm³/mol. The van der Waals surface area contributed by atoms with Gasteiger partial charge in [-0.3, -0.25) is 4.79 Å². The lowest BCUT2D eigenvalue weighted by atomic mass is 10.2. The van der Waals surface area contributed by atoms with Crippen LogP contribution in [-0.2, 0) is 0 Å². The highest BCUT2D eigenvalue weighted by Gasteiger charge is 2.30. The number of nitrogens with zero attached hydrogens (tertiary/aromatic N) is 2. The van der Waals surface area contributed by atoms with Crippen LogP contribution >= 0.6 is 23.1 Å². The van der Waals surface area contributed by atoms with Crippen molar-refractivity contribution < 1.29 is 14.7 Å². The third-order valence-corrected chi connectivity index (χ3v) is 5.22. The van der Waals surface area contributed by atoms with E-state index in [1.165, 1.54) is 5.38 Å². The number of hydrogen-bond donors (Lipinski definition) is 1. The van der Waals surface area contributed by atoms with Crippen LogP contribution in [0, 0.1) is 0 Å². The van der Waals surface area contributed by atoms with E-state index in [2.05, 4.69) is 11.9 Å². The monoisotopic (exact) mass is 286 g/mol. The van der Waals surface area contributed by atoms with Crippen LogP contribution in [0.1, 0.15) is 34.1 Å². The second-order valence-electron chi connectivity index (χ2n) is 4.16. The summed E-state index contributed by atoms with van der Waals surface area (Å²) in [6.07, 6.45) is 0. The number of thiazole rings is 1. The zero-order valence-electron chi connectivity index (χ0n) is 10.1. The lowest BCUT2D eigenvalue weighted by Gasteiger charge is -2.37. The van der Waals surface area contributed by atoms with E-state index in [1.54, 1.807) is 4.90 Å². The first-order valence-electron chi connectivity index (χ1n) is 5.62. The Balaban J connectivity index is 2.17. The molecule has 1 aromatic heterocycles. The van der Waals surface area contributed by atoms with E-state index >= 15 is 0 Å². The zero-order valence-corrected chi connectivity index (χ0v) is 11.8. The van der Waals surface area contributed by atoms with E-state index in [9.17, 15) is 9.59 Å². The maximum absolute atomic E-state index is 12.3. The average Bonchev–Trinajstić information content (AvgIpc) is 2.81. The first-order chi connectivity index (χ1) is 8.50. The Kier molecular flexibility index (Phi) is 3.91. The Morgan fingerprint density at radius 2 is 2.22 bits per heavy atom. The molecule has 1 amide bonds. The number of aromatic nitrogens is 1. The molecule has 1 aliphatic rings. The number of carbonyl (C=O) groups is 2. The number of thioether (sulfide) groups is 1. The Bertz CT molecular complexity index is 475. The summed E-state index contributed by atoms with van der Waals surface area (Å²) >= 11 is 2.84. The molecule has 5 nitrogen and oxygen atoms in total. The van der Waals surface area contributed by atoms with Crippen LogP contribution in [0.3, 0.4) is 0 Å². The molecule has 1 N–H and O–H groups in total. The molecule has 0 spiro atoms. The number of amides is 1. The second kappa shape index (κ2) is 5.27. The number of aromatic carboxylic acids is 1. The van der Waals surface area contributed by atoms with Crippen molar-refractivity contribution in [3.05, 3.63) is 16.1 Å². The molecule has 1 aliphatic heterocycles. The fourth-order valence-corrected chi connectivity index (χ4v) is 3.57. The molecule has 1 saturated heterocycles. The highest BCUT2D eigenvalue weighted by Crippen LogP contribution is 2.25. The van der Waals surface area contributed by atoms with Crippen molar-refractivity contribution in [3.63, 3.8) is 0 Å². The van der Waals surface area contributed by atoms with Crippen molar-refractivity contribution in [2.24, 2.45) is 0 Å². The number of carboxylic acid groups (broad SMARTS) is 1. The smallest absolute Gasteiger partial charge is 0.365 e. The second-order valence-corrected chi connectivity index (χ2v) is 6.50. The molecule has 0 bridgehead atoms.